The van der Waals surface area contributed by atoms with E-state index in [1.54, 1.807) is 12.4 Å². The summed E-state index contributed by atoms with van der Waals surface area (Å²) < 4.78 is 11.4. The van der Waals surface area contributed by atoms with Gasteiger partial charge >= 0.3 is 0 Å². The van der Waals surface area contributed by atoms with Gasteiger partial charge in [0.1, 0.15) is 11.9 Å². The number of amides is 1. The first-order valence-electron chi connectivity index (χ1n) is 8.77. The van der Waals surface area contributed by atoms with Crippen molar-refractivity contribution >= 4 is 5.91 Å². The third-order valence-corrected chi connectivity index (χ3v) is 5.15. The number of rotatable bonds is 4. The SMILES string of the molecule is O=C(N1CC(Oc2cccnc2)C1)C1(c2ccccc2)CCOCC1. The van der Waals surface area contributed by atoms with Crippen LogP contribution in [0.25, 0.3) is 0 Å². The van der Waals surface area contributed by atoms with Crippen LogP contribution in [0.4, 0.5) is 0 Å². The number of hydrogen-bond acceptors (Lipinski definition) is 4. The van der Waals surface area contributed by atoms with Crippen LogP contribution in [0.15, 0.2) is 54.9 Å². The molecule has 3 heterocycles. The standard InChI is InChI=1S/C20H22N2O3/c23-19(22-14-18(15-22)25-17-7-4-10-21-13-17)20(8-11-24-12-9-20)16-5-2-1-3-6-16/h1-7,10,13,18H,8-9,11-12,14-15H2. The van der Waals surface area contributed by atoms with Gasteiger partial charge in [-0.2, -0.15) is 0 Å². The Morgan fingerprint density at radius 2 is 1.88 bits per heavy atom. The molecular formula is C20H22N2O3. The number of likely N-dealkylation sites (tertiary alicyclic amines) is 1. The molecule has 0 aliphatic carbocycles. The molecule has 4 rings (SSSR count). The van der Waals surface area contributed by atoms with Crippen LogP contribution in [-0.4, -0.2) is 48.2 Å². The number of carbonyl (C=O) groups excluding carboxylic acids is 1. The Bertz CT molecular complexity index is 708. The summed E-state index contributed by atoms with van der Waals surface area (Å²) >= 11 is 0. The summed E-state index contributed by atoms with van der Waals surface area (Å²) in [4.78, 5) is 19.3. The molecular weight excluding hydrogens is 316 g/mol. The molecule has 0 N–H and O–H groups in total. The largest absolute Gasteiger partial charge is 0.485 e. The Morgan fingerprint density at radius 3 is 2.56 bits per heavy atom. The summed E-state index contributed by atoms with van der Waals surface area (Å²) in [7, 11) is 0. The zero-order valence-corrected chi connectivity index (χ0v) is 14.1. The fourth-order valence-electron chi connectivity index (χ4n) is 3.69. The molecule has 2 aromatic rings. The topological polar surface area (TPSA) is 51.7 Å². The quantitative estimate of drug-likeness (QED) is 0.859. The number of ether oxygens (including phenoxy) is 2. The van der Waals surface area contributed by atoms with Crippen LogP contribution in [-0.2, 0) is 14.9 Å². The van der Waals surface area contributed by atoms with Crippen molar-refractivity contribution in [1.29, 1.82) is 0 Å². The van der Waals surface area contributed by atoms with E-state index in [-0.39, 0.29) is 12.0 Å². The smallest absolute Gasteiger partial charge is 0.233 e. The summed E-state index contributed by atoms with van der Waals surface area (Å²) in [6.45, 7) is 2.51. The fourth-order valence-corrected chi connectivity index (χ4v) is 3.69. The van der Waals surface area contributed by atoms with E-state index in [4.69, 9.17) is 9.47 Å². The zero-order valence-electron chi connectivity index (χ0n) is 14.1. The third-order valence-electron chi connectivity index (χ3n) is 5.15. The van der Waals surface area contributed by atoms with Gasteiger partial charge in [-0.25, -0.2) is 0 Å². The highest BCUT2D eigenvalue weighted by molar-refractivity contribution is 5.89. The lowest BCUT2D eigenvalue weighted by molar-refractivity contribution is -0.150. The van der Waals surface area contributed by atoms with Gasteiger partial charge in [0.15, 0.2) is 0 Å². The van der Waals surface area contributed by atoms with Gasteiger partial charge in [-0.05, 0) is 30.5 Å². The van der Waals surface area contributed by atoms with E-state index >= 15 is 0 Å². The number of nitrogens with zero attached hydrogens (tertiary/aromatic N) is 2. The minimum Gasteiger partial charge on any atom is -0.485 e. The predicted octanol–water partition coefficient (Wildman–Crippen LogP) is 2.42. The Labute approximate surface area is 147 Å². The average Bonchev–Trinajstić information content (AvgIpc) is 2.66. The highest BCUT2D eigenvalue weighted by Crippen LogP contribution is 2.38. The third kappa shape index (κ3) is 3.12. The van der Waals surface area contributed by atoms with Crippen LogP contribution in [0.1, 0.15) is 18.4 Å². The van der Waals surface area contributed by atoms with Crippen molar-refractivity contribution in [1.82, 2.24) is 9.88 Å². The first-order chi connectivity index (χ1) is 12.3. The van der Waals surface area contributed by atoms with E-state index in [9.17, 15) is 4.79 Å². The van der Waals surface area contributed by atoms with Gasteiger partial charge in [0.05, 0.1) is 24.7 Å². The molecule has 0 atom stereocenters. The van der Waals surface area contributed by atoms with Gasteiger partial charge in [0, 0.05) is 19.4 Å². The molecule has 1 aromatic carbocycles. The molecule has 2 aliphatic rings. The van der Waals surface area contributed by atoms with Gasteiger partial charge in [-0.1, -0.05) is 30.3 Å². The Kier molecular flexibility index (Phi) is 4.40. The van der Waals surface area contributed by atoms with Gasteiger partial charge in [-0.3, -0.25) is 9.78 Å². The molecule has 0 unspecified atom stereocenters. The highest BCUT2D eigenvalue weighted by atomic mass is 16.5. The Balaban J connectivity index is 1.46. The summed E-state index contributed by atoms with van der Waals surface area (Å²) in [5, 5.41) is 0. The van der Waals surface area contributed by atoms with Crippen molar-refractivity contribution in [2.45, 2.75) is 24.4 Å². The van der Waals surface area contributed by atoms with Crippen molar-refractivity contribution in [2.24, 2.45) is 0 Å². The Morgan fingerprint density at radius 1 is 1.12 bits per heavy atom. The molecule has 0 spiro atoms. The van der Waals surface area contributed by atoms with Crippen molar-refractivity contribution in [3.05, 3.63) is 60.4 Å². The second kappa shape index (κ2) is 6.84. The zero-order chi connectivity index (χ0) is 17.1. The molecule has 0 saturated carbocycles. The highest BCUT2D eigenvalue weighted by Gasteiger charge is 2.47. The van der Waals surface area contributed by atoms with Crippen LogP contribution >= 0.6 is 0 Å². The molecule has 2 saturated heterocycles. The number of pyridine rings is 1. The van der Waals surface area contributed by atoms with Gasteiger partial charge in [-0.15, -0.1) is 0 Å². The van der Waals surface area contributed by atoms with Gasteiger partial charge in [0.25, 0.3) is 0 Å². The summed E-state index contributed by atoms with van der Waals surface area (Å²) in [6.07, 6.45) is 4.94. The maximum Gasteiger partial charge on any atom is 0.233 e. The molecule has 0 bridgehead atoms. The predicted molar refractivity (Wildman–Crippen MR) is 93.4 cm³/mol. The second-order valence-electron chi connectivity index (χ2n) is 6.70. The maximum absolute atomic E-state index is 13.3. The first-order valence-corrected chi connectivity index (χ1v) is 8.77. The molecule has 1 amide bonds. The van der Waals surface area contributed by atoms with E-state index in [1.807, 2.05) is 35.2 Å². The molecule has 1 aromatic heterocycles. The summed E-state index contributed by atoms with van der Waals surface area (Å²) in [5.41, 5.74) is 0.638. The van der Waals surface area contributed by atoms with Crippen LogP contribution in [0.5, 0.6) is 5.75 Å². The number of aromatic nitrogens is 1. The molecule has 0 radical (unpaired) electrons. The molecule has 2 fully saturated rings. The lowest BCUT2D eigenvalue weighted by Crippen LogP contribution is -2.61. The normalized spacial score (nSPS) is 19.9. The van der Waals surface area contributed by atoms with E-state index < -0.39 is 5.41 Å². The number of benzene rings is 1. The van der Waals surface area contributed by atoms with Crippen LogP contribution in [0, 0.1) is 0 Å². The minimum atomic E-state index is -0.460. The van der Waals surface area contributed by atoms with Gasteiger partial charge in [0.2, 0.25) is 5.91 Å². The molecule has 2 aliphatic heterocycles. The lowest BCUT2D eigenvalue weighted by atomic mass is 9.72. The fraction of sp³-hybridized carbons (Fsp3) is 0.400. The lowest BCUT2D eigenvalue weighted by Gasteiger charge is -2.46. The minimum absolute atomic E-state index is 0.0424. The summed E-state index contributed by atoms with van der Waals surface area (Å²) in [5.74, 6) is 0.955. The van der Waals surface area contributed by atoms with Crippen molar-refractivity contribution in [3.63, 3.8) is 0 Å². The molecule has 25 heavy (non-hydrogen) atoms. The van der Waals surface area contributed by atoms with E-state index in [1.165, 1.54) is 0 Å². The maximum atomic E-state index is 13.3. The summed E-state index contributed by atoms with van der Waals surface area (Å²) in [6, 6.07) is 13.9. The van der Waals surface area contributed by atoms with Crippen molar-refractivity contribution < 1.29 is 14.3 Å². The molecule has 5 nitrogen and oxygen atoms in total. The average molecular weight is 338 g/mol. The monoisotopic (exact) mass is 338 g/mol. The van der Waals surface area contributed by atoms with E-state index in [0.29, 0.717) is 26.3 Å². The Hall–Kier alpha value is -2.40. The van der Waals surface area contributed by atoms with Crippen LogP contribution < -0.4 is 4.74 Å². The van der Waals surface area contributed by atoms with E-state index in [0.717, 1.165) is 24.2 Å². The van der Waals surface area contributed by atoms with Gasteiger partial charge < -0.3 is 14.4 Å². The second-order valence-corrected chi connectivity index (χ2v) is 6.70. The molecule has 130 valence electrons. The molecule has 5 heteroatoms. The van der Waals surface area contributed by atoms with Crippen LogP contribution in [0.3, 0.4) is 0 Å². The first kappa shape index (κ1) is 16.1. The number of hydrogen-bond donors (Lipinski definition) is 0. The van der Waals surface area contributed by atoms with Crippen LogP contribution in [0.2, 0.25) is 0 Å². The van der Waals surface area contributed by atoms with Crippen molar-refractivity contribution in [2.75, 3.05) is 26.3 Å². The number of carbonyl (C=O) groups is 1. The van der Waals surface area contributed by atoms with Crippen molar-refractivity contribution in [3.8, 4) is 5.75 Å². The van der Waals surface area contributed by atoms with E-state index in [2.05, 4.69) is 17.1 Å².